The van der Waals surface area contributed by atoms with Crippen LogP contribution in [0.3, 0.4) is 0 Å². The molecule has 0 aromatic heterocycles. The van der Waals surface area contributed by atoms with Gasteiger partial charge in [0.25, 0.3) is 0 Å². The molecule has 0 aliphatic heterocycles. The van der Waals surface area contributed by atoms with Crippen LogP contribution in [0.4, 0.5) is 0 Å². The van der Waals surface area contributed by atoms with Crippen LogP contribution in [0, 0.1) is 12.8 Å². The summed E-state index contributed by atoms with van der Waals surface area (Å²) in [6.07, 6.45) is 4.47. The van der Waals surface area contributed by atoms with Gasteiger partial charge in [-0.1, -0.05) is 49.6 Å². The van der Waals surface area contributed by atoms with Gasteiger partial charge >= 0.3 is 5.97 Å². The van der Waals surface area contributed by atoms with Crippen LogP contribution in [0.15, 0.2) is 24.3 Å². The van der Waals surface area contributed by atoms with Crippen LogP contribution in [0.1, 0.15) is 50.2 Å². The van der Waals surface area contributed by atoms with E-state index >= 15 is 0 Å². The number of benzene rings is 1. The largest absolute Gasteiger partial charge is 0.481 e. The minimum atomic E-state index is -0.738. The molecular formula is C18H27NO3. The summed E-state index contributed by atoms with van der Waals surface area (Å²) in [4.78, 5) is 22.4. The molecule has 0 saturated carbocycles. The van der Waals surface area contributed by atoms with Crippen molar-refractivity contribution in [3.63, 3.8) is 0 Å². The first kappa shape index (κ1) is 18.2. The number of carbonyl (C=O) groups is 2. The van der Waals surface area contributed by atoms with Crippen molar-refractivity contribution in [2.75, 3.05) is 6.54 Å². The Morgan fingerprint density at radius 3 is 2.36 bits per heavy atom. The van der Waals surface area contributed by atoms with E-state index in [-0.39, 0.29) is 18.2 Å². The molecule has 1 unspecified atom stereocenters. The number of amides is 1. The minimum Gasteiger partial charge on any atom is -0.481 e. The fraction of sp³-hybridized carbons (Fsp3) is 0.556. The third-order valence-corrected chi connectivity index (χ3v) is 3.73. The normalized spacial score (nSPS) is 11.9. The maximum atomic E-state index is 12.0. The molecule has 1 aromatic rings. The number of carbonyl (C=O) groups excluding carboxylic acids is 1. The van der Waals surface area contributed by atoms with E-state index in [1.54, 1.807) is 0 Å². The summed E-state index contributed by atoms with van der Waals surface area (Å²) in [7, 11) is 0. The van der Waals surface area contributed by atoms with E-state index in [1.165, 1.54) is 11.1 Å². The van der Waals surface area contributed by atoms with Crippen LogP contribution in [0.2, 0.25) is 0 Å². The van der Waals surface area contributed by atoms with Gasteiger partial charge in [0.05, 0.1) is 0 Å². The fourth-order valence-corrected chi connectivity index (χ4v) is 2.31. The van der Waals surface area contributed by atoms with E-state index in [4.69, 9.17) is 5.11 Å². The fourth-order valence-electron chi connectivity index (χ4n) is 2.31. The van der Waals surface area contributed by atoms with Crippen molar-refractivity contribution < 1.29 is 14.7 Å². The maximum absolute atomic E-state index is 12.0. The molecule has 0 saturated heterocycles. The first-order chi connectivity index (χ1) is 10.5. The standard InChI is InChI=1S/C18H27NO3/c1-14-8-10-16(11-9-14)13-15(2)18(22)19-12-6-4-3-5-7-17(20)21/h8-11,15H,3-7,12-13H2,1-2H3,(H,19,22)(H,20,21). The molecule has 1 amide bonds. The zero-order chi connectivity index (χ0) is 16.4. The van der Waals surface area contributed by atoms with Gasteiger partial charge < -0.3 is 10.4 Å². The second kappa shape index (κ2) is 9.98. The van der Waals surface area contributed by atoms with Crippen LogP contribution in [0.25, 0.3) is 0 Å². The zero-order valence-corrected chi connectivity index (χ0v) is 13.6. The Kier molecular flexibility index (Phi) is 8.26. The monoisotopic (exact) mass is 305 g/mol. The van der Waals surface area contributed by atoms with Crippen LogP contribution < -0.4 is 5.32 Å². The molecule has 122 valence electrons. The van der Waals surface area contributed by atoms with E-state index in [2.05, 4.69) is 36.5 Å². The summed E-state index contributed by atoms with van der Waals surface area (Å²) in [6, 6.07) is 8.28. The van der Waals surface area contributed by atoms with Crippen molar-refractivity contribution >= 4 is 11.9 Å². The molecule has 2 N–H and O–H groups in total. The third-order valence-electron chi connectivity index (χ3n) is 3.73. The lowest BCUT2D eigenvalue weighted by molar-refractivity contribution is -0.137. The molecule has 0 fully saturated rings. The third kappa shape index (κ3) is 7.81. The van der Waals surface area contributed by atoms with Gasteiger partial charge in [0.15, 0.2) is 0 Å². The van der Waals surface area contributed by atoms with Crippen LogP contribution >= 0.6 is 0 Å². The van der Waals surface area contributed by atoms with Gasteiger partial charge in [0.2, 0.25) is 5.91 Å². The molecule has 0 spiro atoms. The van der Waals surface area contributed by atoms with E-state index in [9.17, 15) is 9.59 Å². The van der Waals surface area contributed by atoms with Crippen molar-refractivity contribution in [3.05, 3.63) is 35.4 Å². The van der Waals surface area contributed by atoms with Gasteiger partial charge in [0.1, 0.15) is 0 Å². The Balaban J connectivity index is 2.13. The Morgan fingerprint density at radius 2 is 1.73 bits per heavy atom. The van der Waals surface area contributed by atoms with E-state index in [0.717, 1.165) is 25.7 Å². The highest BCUT2D eigenvalue weighted by Gasteiger charge is 2.12. The van der Waals surface area contributed by atoms with Gasteiger partial charge in [-0.3, -0.25) is 9.59 Å². The number of carboxylic acids is 1. The molecule has 0 radical (unpaired) electrons. The SMILES string of the molecule is Cc1ccc(CC(C)C(=O)NCCCCCCC(=O)O)cc1. The topological polar surface area (TPSA) is 66.4 Å². The Hall–Kier alpha value is -1.84. The number of nitrogens with one attached hydrogen (secondary N) is 1. The minimum absolute atomic E-state index is 0.0327. The molecule has 0 aliphatic carbocycles. The van der Waals surface area contributed by atoms with E-state index < -0.39 is 5.97 Å². The Bertz CT molecular complexity index is 468. The summed E-state index contributed by atoms with van der Waals surface area (Å²) in [6.45, 7) is 4.67. The highest BCUT2D eigenvalue weighted by molar-refractivity contribution is 5.78. The molecule has 1 aromatic carbocycles. The number of hydrogen-bond acceptors (Lipinski definition) is 2. The van der Waals surface area contributed by atoms with E-state index in [1.807, 2.05) is 6.92 Å². The maximum Gasteiger partial charge on any atom is 0.303 e. The van der Waals surface area contributed by atoms with Crippen molar-refractivity contribution in [2.24, 2.45) is 5.92 Å². The highest BCUT2D eigenvalue weighted by atomic mass is 16.4. The summed E-state index contributed by atoms with van der Waals surface area (Å²) in [5.74, 6) is -0.681. The van der Waals surface area contributed by atoms with Gasteiger partial charge in [-0.2, -0.15) is 0 Å². The van der Waals surface area contributed by atoms with Crippen molar-refractivity contribution in [1.82, 2.24) is 5.32 Å². The zero-order valence-electron chi connectivity index (χ0n) is 13.6. The smallest absolute Gasteiger partial charge is 0.303 e. The first-order valence-corrected chi connectivity index (χ1v) is 8.04. The summed E-state index contributed by atoms with van der Waals surface area (Å²) in [5, 5.41) is 11.5. The lowest BCUT2D eigenvalue weighted by atomic mass is 9.99. The molecule has 1 atom stereocenters. The lowest BCUT2D eigenvalue weighted by Crippen LogP contribution is -2.31. The summed E-state index contributed by atoms with van der Waals surface area (Å²) in [5.41, 5.74) is 2.41. The molecule has 22 heavy (non-hydrogen) atoms. The molecule has 4 heteroatoms. The van der Waals surface area contributed by atoms with Crippen LogP contribution in [0.5, 0.6) is 0 Å². The second-order valence-electron chi connectivity index (χ2n) is 5.94. The van der Waals surface area contributed by atoms with Gasteiger partial charge in [-0.05, 0) is 31.7 Å². The highest BCUT2D eigenvalue weighted by Crippen LogP contribution is 2.10. The number of hydrogen-bond donors (Lipinski definition) is 2. The van der Waals surface area contributed by atoms with Crippen LogP contribution in [-0.2, 0) is 16.0 Å². The van der Waals surface area contributed by atoms with Crippen molar-refractivity contribution in [1.29, 1.82) is 0 Å². The number of unbranched alkanes of at least 4 members (excludes halogenated alkanes) is 3. The van der Waals surface area contributed by atoms with Crippen LogP contribution in [-0.4, -0.2) is 23.5 Å². The first-order valence-electron chi connectivity index (χ1n) is 8.04. The molecule has 0 bridgehead atoms. The molecule has 1 rings (SSSR count). The Labute approximate surface area is 132 Å². The molecular weight excluding hydrogens is 278 g/mol. The number of carboxylic acid groups (broad SMARTS) is 1. The molecule has 4 nitrogen and oxygen atoms in total. The molecule has 0 heterocycles. The van der Waals surface area contributed by atoms with Crippen molar-refractivity contribution in [3.8, 4) is 0 Å². The summed E-state index contributed by atoms with van der Waals surface area (Å²) >= 11 is 0. The lowest BCUT2D eigenvalue weighted by Gasteiger charge is -2.12. The quantitative estimate of drug-likeness (QED) is 0.652. The second-order valence-corrected chi connectivity index (χ2v) is 5.94. The predicted molar refractivity (Wildman–Crippen MR) is 87.8 cm³/mol. The average Bonchev–Trinajstić information content (AvgIpc) is 2.48. The predicted octanol–water partition coefficient (Wildman–Crippen LogP) is 3.32. The number of aryl methyl sites for hydroxylation is 1. The number of aliphatic carboxylic acids is 1. The average molecular weight is 305 g/mol. The number of rotatable bonds is 10. The summed E-state index contributed by atoms with van der Waals surface area (Å²) < 4.78 is 0. The van der Waals surface area contributed by atoms with Gasteiger partial charge in [-0.25, -0.2) is 0 Å². The van der Waals surface area contributed by atoms with Gasteiger partial charge in [0, 0.05) is 18.9 Å². The Morgan fingerprint density at radius 1 is 1.09 bits per heavy atom. The van der Waals surface area contributed by atoms with E-state index in [0.29, 0.717) is 13.0 Å². The molecule has 0 aliphatic rings. The van der Waals surface area contributed by atoms with Crippen molar-refractivity contribution in [2.45, 2.75) is 52.4 Å². The van der Waals surface area contributed by atoms with Gasteiger partial charge in [-0.15, -0.1) is 0 Å².